The molecule has 0 saturated heterocycles. The van der Waals surface area contributed by atoms with Crippen LogP contribution in [0.1, 0.15) is 32.3 Å². The van der Waals surface area contributed by atoms with Gasteiger partial charge in [-0.1, -0.05) is 15.9 Å². The van der Waals surface area contributed by atoms with Crippen molar-refractivity contribution in [3.63, 3.8) is 0 Å². The second-order valence-electron chi connectivity index (χ2n) is 5.83. The summed E-state index contributed by atoms with van der Waals surface area (Å²) >= 11 is 3.40. The van der Waals surface area contributed by atoms with Crippen LogP contribution >= 0.6 is 15.9 Å². The number of nitriles is 1. The number of rotatable bonds is 2. The van der Waals surface area contributed by atoms with Crippen LogP contribution in [0.3, 0.4) is 0 Å². The predicted molar refractivity (Wildman–Crippen MR) is 82.6 cm³/mol. The van der Waals surface area contributed by atoms with E-state index >= 15 is 0 Å². The van der Waals surface area contributed by atoms with Crippen LogP contribution in [-0.4, -0.2) is 21.4 Å². The summed E-state index contributed by atoms with van der Waals surface area (Å²) in [5.74, 6) is -1.56. The SMILES string of the molecule is Cn1cc2cc(Br)cc(C(C#N)C(=O)OC(C)(C)C)c2n1. The smallest absolute Gasteiger partial charge is 0.328 e. The van der Waals surface area contributed by atoms with E-state index in [4.69, 9.17) is 4.74 Å². The lowest BCUT2D eigenvalue weighted by Crippen LogP contribution is -2.27. The number of aryl methyl sites for hydroxylation is 1. The maximum absolute atomic E-state index is 12.3. The fourth-order valence-corrected chi connectivity index (χ4v) is 2.57. The van der Waals surface area contributed by atoms with E-state index in [9.17, 15) is 10.1 Å². The fourth-order valence-electron chi connectivity index (χ4n) is 2.07. The fraction of sp³-hybridized carbons (Fsp3) is 0.400. The molecular weight excluding hydrogens is 334 g/mol. The highest BCUT2D eigenvalue weighted by molar-refractivity contribution is 9.10. The van der Waals surface area contributed by atoms with Gasteiger partial charge in [-0.3, -0.25) is 9.48 Å². The van der Waals surface area contributed by atoms with Gasteiger partial charge in [-0.15, -0.1) is 0 Å². The van der Waals surface area contributed by atoms with Gasteiger partial charge >= 0.3 is 5.97 Å². The number of ether oxygens (including phenoxy) is 1. The van der Waals surface area contributed by atoms with Crippen LogP contribution in [0, 0.1) is 11.3 Å². The molecule has 1 aromatic carbocycles. The topological polar surface area (TPSA) is 67.9 Å². The lowest BCUT2D eigenvalue weighted by molar-refractivity contribution is -0.155. The highest BCUT2D eigenvalue weighted by Gasteiger charge is 2.29. The monoisotopic (exact) mass is 349 g/mol. The van der Waals surface area contributed by atoms with E-state index < -0.39 is 17.5 Å². The second-order valence-corrected chi connectivity index (χ2v) is 6.75. The molecule has 0 amide bonds. The zero-order valence-corrected chi connectivity index (χ0v) is 13.9. The summed E-state index contributed by atoms with van der Waals surface area (Å²) in [6, 6.07) is 5.67. The van der Waals surface area contributed by atoms with Crippen LogP contribution in [0.5, 0.6) is 0 Å². The van der Waals surface area contributed by atoms with Gasteiger partial charge in [-0.05, 0) is 32.9 Å². The zero-order chi connectivity index (χ0) is 15.8. The van der Waals surface area contributed by atoms with Crippen molar-refractivity contribution >= 4 is 32.8 Å². The molecule has 1 aromatic heterocycles. The van der Waals surface area contributed by atoms with Crippen LogP contribution in [0.4, 0.5) is 0 Å². The van der Waals surface area contributed by atoms with E-state index in [1.54, 1.807) is 38.6 Å². The molecule has 1 atom stereocenters. The summed E-state index contributed by atoms with van der Waals surface area (Å²) in [6.07, 6.45) is 1.84. The van der Waals surface area contributed by atoms with Crippen molar-refractivity contribution in [3.8, 4) is 6.07 Å². The average molecular weight is 350 g/mol. The van der Waals surface area contributed by atoms with E-state index in [1.165, 1.54) is 0 Å². The average Bonchev–Trinajstić information content (AvgIpc) is 2.67. The number of hydrogen-bond donors (Lipinski definition) is 0. The Bertz CT molecular complexity index is 738. The van der Waals surface area contributed by atoms with E-state index in [0.717, 1.165) is 9.86 Å². The number of carbonyl (C=O) groups excluding carboxylic acids is 1. The Morgan fingerprint density at radius 3 is 2.71 bits per heavy atom. The third kappa shape index (κ3) is 3.42. The standard InChI is InChI=1S/C15H16BrN3O2/c1-15(2,3)21-14(20)12(7-17)11-6-10(16)5-9-8-19(4)18-13(9)11/h5-6,8,12H,1-4H3. The van der Waals surface area contributed by atoms with Crippen molar-refractivity contribution < 1.29 is 9.53 Å². The molecule has 6 heteroatoms. The molecule has 0 bridgehead atoms. The summed E-state index contributed by atoms with van der Waals surface area (Å²) in [4.78, 5) is 12.3. The Kier molecular flexibility index (Phi) is 4.06. The van der Waals surface area contributed by atoms with Crippen molar-refractivity contribution in [1.29, 1.82) is 5.26 Å². The number of fused-ring (bicyclic) bond motifs is 1. The molecule has 0 aliphatic carbocycles. The summed E-state index contributed by atoms with van der Waals surface area (Å²) in [7, 11) is 1.80. The molecular formula is C15H16BrN3O2. The van der Waals surface area contributed by atoms with Crippen molar-refractivity contribution in [2.45, 2.75) is 32.3 Å². The molecule has 2 rings (SSSR count). The first-order valence-electron chi connectivity index (χ1n) is 6.46. The molecule has 2 aromatic rings. The Morgan fingerprint density at radius 1 is 1.48 bits per heavy atom. The van der Waals surface area contributed by atoms with E-state index in [0.29, 0.717) is 11.1 Å². The van der Waals surface area contributed by atoms with Crippen molar-refractivity contribution in [2.75, 3.05) is 0 Å². The van der Waals surface area contributed by atoms with Gasteiger partial charge in [-0.25, -0.2) is 0 Å². The molecule has 21 heavy (non-hydrogen) atoms. The normalized spacial score (nSPS) is 13.0. The summed E-state index contributed by atoms with van der Waals surface area (Å²) in [5, 5.41) is 14.6. The summed E-state index contributed by atoms with van der Waals surface area (Å²) < 4.78 is 7.78. The number of nitrogens with zero attached hydrogens (tertiary/aromatic N) is 3. The van der Waals surface area contributed by atoms with Crippen LogP contribution < -0.4 is 0 Å². The molecule has 0 radical (unpaired) electrons. The van der Waals surface area contributed by atoms with E-state index in [-0.39, 0.29) is 0 Å². The largest absolute Gasteiger partial charge is 0.459 e. The molecule has 1 unspecified atom stereocenters. The quantitative estimate of drug-likeness (QED) is 0.780. The van der Waals surface area contributed by atoms with Crippen LogP contribution in [0.2, 0.25) is 0 Å². The lowest BCUT2D eigenvalue weighted by Gasteiger charge is -2.21. The Balaban J connectivity index is 2.52. The molecule has 0 saturated carbocycles. The molecule has 0 aliphatic heterocycles. The van der Waals surface area contributed by atoms with E-state index in [1.807, 2.05) is 18.3 Å². The highest BCUT2D eigenvalue weighted by atomic mass is 79.9. The van der Waals surface area contributed by atoms with Gasteiger partial charge in [0.15, 0.2) is 5.92 Å². The zero-order valence-electron chi connectivity index (χ0n) is 12.3. The Morgan fingerprint density at radius 2 is 2.14 bits per heavy atom. The lowest BCUT2D eigenvalue weighted by atomic mass is 9.98. The Hall–Kier alpha value is -1.87. The minimum absolute atomic E-state index is 0.553. The first-order valence-corrected chi connectivity index (χ1v) is 7.26. The first kappa shape index (κ1) is 15.5. The highest BCUT2D eigenvalue weighted by Crippen LogP contribution is 2.30. The van der Waals surface area contributed by atoms with Crippen molar-refractivity contribution in [3.05, 3.63) is 28.4 Å². The van der Waals surface area contributed by atoms with Crippen LogP contribution in [0.25, 0.3) is 10.9 Å². The number of carbonyl (C=O) groups is 1. The number of benzene rings is 1. The molecule has 110 valence electrons. The molecule has 0 N–H and O–H groups in total. The summed E-state index contributed by atoms with van der Waals surface area (Å²) in [6.45, 7) is 5.32. The van der Waals surface area contributed by atoms with Gasteiger partial charge in [-0.2, -0.15) is 10.4 Å². The second kappa shape index (κ2) is 5.49. The summed E-state index contributed by atoms with van der Waals surface area (Å²) in [5.41, 5.74) is 0.552. The maximum atomic E-state index is 12.3. The maximum Gasteiger partial charge on any atom is 0.328 e. The van der Waals surface area contributed by atoms with Gasteiger partial charge in [0.1, 0.15) is 5.60 Å². The number of halogens is 1. The molecule has 0 spiro atoms. The minimum Gasteiger partial charge on any atom is -0.459 e. The van der Waals surface area contributed by atoms with Crippen LogP contribution in [-0.2, 0) is 16.6 Å². The third-order valence-electron chi connectivity index (χ3n) is 2.80. The number of esters is 1. The minimum atomic E-state index is -1.00. The first-order chi connectivity index (χ1) is 9.71. The molecule has 1 heterocycles. The van der Waals surface area contributed by atoms with Gasteiger partial charge in [0.25, 0.3) is 0 Å². The van der Waals surface area contributed by atoms with Crippen molar-refractivity contribution in [2.24, 2.45) is 7.05 Å². The molecule has 5 nitrogen and oxygen atoms in total. The van der Waals surface area contributed by atoms with Gasteiger partial charge in [0.05, 0.1) is 11.6 Å². The third-order valence-corrected chi connectivity index (χ3v) is 3.26. The van der Waals surface area contributed by atoms with Gasteiger partial charge in [0, 0.05) is 28.7 Å². The van der Waals surface area contributed by atoms with Gasteiger partial charge in [0.2, 0.25) is 0 Å². The number of hydrogen-bond acceptors (Lipinski definition) is 4. The van der Waals surface area contributed by atoms with Crippen molar-refractivity contribution in [1.82, 2.24) is 9.78 Å². The van der Waals surface area contributed by atoms with Crippen LogP contribution in [0.15, 0.2) is 22.8 Å². The Labute approximate surface area is 131 Å². The van der Waals surface area contributed by atoms with E-state index in [2.05, 4.69) is 21.0 Å². The predicted octanol–water partition coefficient (Wildman–Crippen LogP) is 3.28. The number of aromatic nitrogens is 2. The molecule has 0 aliphatic rings. The van der Waals surface area contributed by atoms with Gasteiger partial charge < -0.3 is 4.74 Å². The molecule has 0 fully saturated rings.